The van der Waals surface area contributed by atoms with Gasteiger partial charge in [-0.05, 0) is 37.8 Å². The highest BCUT2D eigenvalue weighted by molar-refractivity contribution is 5.85. The predicted molar refractivity (Wildman–Crippen MR) is 90.1 cm³/mol. The van der Waals surface area contributed by atoms with Gasteiger partial charge in [-0.3, -0.25) is 9.59 Å². The van der Waals surface area contributed by atoms with Crippen LogP contribution in [0.25, 0.3) is 0 Å². The molecular weight excluding hydrogens is 290 g/mol. The van der Waals surface area contributed by atoms with Crippen LogP contribution in [-0.2, 0) is 9.59 Å². The van der Waals surface area contributed by atoms with Gasteiger partial charge < -0.3 is 15.1 Å². The second-order valence-corrected chi connectivity index (χ2v) is 6.46. The molecule has 0 unspecified atom stereocenters. The zero-order valence-corrected chi connectivity index (χ0v) is 13.5. The largest absolute Gasteiger partial charge is 0.381 e. The number of nitrogens with one attached hydrogen (secondary N) is 1. The molecule has 2 fully saturated rings. The van der Waals surface area contributed by atoms with Crippen molar-refractivity contribution in [3.8, 4) is 0 Å². The molecule has 2 heterocycles. The number of likely N-dealkylation sites (tertiary alicyclic amines) is 2. The van der Waals surface area contributed by atoms with Crippen molar-refractivity contribution < 1.29 is 9.59 Å². The van der Waals surface area contributed by atoms with Gasteiger partial charge in [0.1, 0.15) is 0 Å². The number of carbonyl (C=O) groups excluding carboxylic acids is 2. The molecule has 2 saturated heterocycles. The van der Waals surface area contributed by atoms with E-state index in [4.69, 9.17) is 0 Å². The maximum atomic E-state index is 12.5. The SMILES string of the molecule is O=C1CCCCN1CC(=O)N1CCC[C@H](Nc2ccccc2)C1. The Kier molecular flexibility index (Phi) is 5.16. The zero-order valence-electron chi connectivity index (χ0n) is 13.5. The van der Waals surface area contributed by atoms with Gasteiger partial charge in [0.25, 0.3) is 0 Å². The van der Waals surface area contributed by atoms with Crippen LogP contribution in [-0.4, -0.2) is 53.8 Å². The molecule has 1 N–H and O–H groups in total. The highest BCUT2D eigenvalue weighted by atomic mass is 16.2. The fourth-order valence-electron chi connectivity index (χ4n) is 3.38. The second-order valence-electron chi connectivity index (χ2n) is 6.46. The number of nitrogens with zero attached hydrogens (tertiary/aromatic N) is 2. The van der Waals surface area contributed by atoms with Crippen molar-refractivity contribution in [3.05, 3.63) is 30.3 Å². The summed E-state index contributed by atoms with van der Waals surface area (Å²) in [4.78, 5) is 28.0. The van der Waals surface area contributed by atoms with Crippen LogP contribution in [0.3, 0.4) is 0 Å². The Morgan fingerprint density at radius 2 is 1.96 bits per heavy atom. The molecule has 1 atom stereocenters. The number of hydrogen-bond donors (Lipinski definition) is 1. The predicted octanol–water partition coefficient (Wildman–Crippen LogP) is 2.10. The van der Waals surface area contributed by atoms with E-state index in [-0.39, 0.29) is 24.4 Å². The first kappa shape index (κ1) is 15.8. The second kappa shape index (κ2) is 7.49. The average molecular weight is 315 g/mol. The van der Waals surface area contributed by atoms with Gasteiger partial charge in [0.2, 0.25) is 11.8 Å². The lowest BCUT2D eigenvalue weighted by atomic mass is 10.0. The summed E-state index contributed by atoms with van der Waals surface area (Å²) >= 11 is 0. The number of rotatable bonds is 4. The van der Waals surface area contributed by atoms with Gasteiger partial charge in [0, 0.05) is 37.8 Å². The van der Waals surface area contributed by atoms with Crippen LogP contribution in [0.5, 0.6) is 0 Å². The fraction of sp³-hybridized carbons (Fsp3) is 0.556. The quantitative estimate of drug-likeness (QED) is 0.926. The average Bonchev–Trinajstić information content (AvgIpc) is 2.58. The molecule has 2 aliphatic heterocycles. The van der Waals surface area contributed by atoms with E-state index in [9.17, 15) is 9.59 Å². The van der Waals surface area contributed by atoms with Crippen molar-refractivity contribution >= 4 is 17.5 Å². The number of hydrogen-bond acceptors (Lipinski definition) is 3. The van der Waals surface area contributed by atoms with E-state index in [1.807, 2.05) is 35.2 Å². The molecule has 5 heteroatoms. The maximum absolute atomic E-state index is 12.5. The lowest BCUT2D eigenvalue weighted by molar-refractivity contribution is -0.142. The molecule has 0 spiro atoms. The first-order valence-electron chi connectivity index (χ1n) is 8.59. The molecule has 3 rings (SSSR count). The smallest absolute Gasteiger partial charge is 0.242 e. The Morgan fingerprint density at radius 3 is 2.74 bits per heavy atom. The van der Waals surface area contributed by atoms with Gasteiger partial charge in [-0.2, -0.15) is 0 Å². The fourth-order valence-corrected chi connectivity index (χ4v) is 3.38. The number of benzene rings is 1. The standard InChI is InChI=1S/C18H25N3O2/c22-17-10-4-5-11-21(17)14-18(23)20-12-6-9-16(13-20)19-15-7-2-1-3-8-15/h1-3,7-8,16,19H,4-6,9-14H2/t16-/m0/s1. The Hall–Kier alpha value is -2.04. The molecule has 0 saturated carbocycles. The molecule has 0 bridgehead atoms. The Labute approximate surface area is 137 Å². The molecular formula is C18H25N3O2. The van der Waals surface area contributed by atoms with Crippen LogP contribution in [0.15, 0.2) is 30.3 Å². The summed E-state index contributed by atoms with van der Waals surface area (Å²) in [6.45, 7) is 2.49. The topological polar surface area (TPSA) is 52.7 Å². The van der Waals surface area contributed by atoms with E-state index >= 15 is 0 Å². The third-order valence-electron chi connectivity index (χ3n) is 4.67. The highest BCUT2D eigenvalue weighted by Gasteiger charge is 2.27. The lowest BCUT2D eigenvalue weighted by Crippen LogP contribution is -2.50. The molecule has 1 aromatic rings. The summed E-state index contributed by atoms with van der Waals surface area (Å²) in [5.74, 6) is 0.209. The highest BCUT2D eigenvalue weighted by Crippen LogP contribution is 2.17. The minimum atomic E-state index is 0.0832. The Bertz CT molecular complexity index is 546. The first-order valence-corrected chi connectivity index (χ1v) is 8.59. The third-order valence-corrected chi connectivity index (χ3v) is 4.67. The summed E-state index contributed by atoms with van der Waals surface area (Å²) in [5, 5.41) is 3.50. The van der Waals surface area contributed by atoms with E-state index in [0.717, 1.165) is 51.0 Å². The Balaban J connectivity index is 1.53. The van der Waals surface area contributed by atoms with Crippen molar-refractivity contribution in [2.24, 2.45) is 0 Å². The monoisotopic (exact) mass is 315 g/mol. The van der Waals surface area contributed by atoms with Gasteiger partial charge in [0.15, 0.2) is 0 Å². The number of piperidine rings is 2. The van der Waals surface area contributed by atoms with Crippen molar-refractivity contribution in [2.45, 2.75) is 38.1 Å². The van der Waals surface area contributed by atoms with E-state index < -0.39 is 0 Å². The van der Waals surface area contributed by atoms with Crippen LogP contribution < -0.4 is 5.32 Å². The normalized spacial score (nSPS) is 22.1. The number of para-hydroxylation sites is 1. The molecule has 2 amide bonds. The summed E-state index contributed by atoms with van der Waals surface area (Å²) < 4.78 is 0. The van der Waals surface area contributed by atoms with Gasteiger partial charge in [-0.25, -0.2) is 0 Å². The van der Waals surface area contributed by atoms with Crippen molar-refractivity contribution in [1.29, 1.82) is 0 Å². The maximum Gasteiger partial charge on any atom is 0.242 e. The minimum Gasteiger partial charge on any atom is -0.381 e. The van der Waals surface area contributed by atoms with E-state index in [1.54, 1.807) is 4.90 Å². The van der Waals surface area contributed by atoms with E-state index in [2.05, 4.69) is 5.32 Å². The van der Waals surface area contributed by atoms with Gasteiger partial charge >= 0.3 is 0 Å². The molecule has 23 heavy (non-hydrogen) atoms. The molecule has 1 aromatic carbocycles. The minimum absolute atomic E-state index is 0.0832. The number of anilines is 1. The van der Waals surface area contributed by atoms with Crippen LogP contribution in [0.4, 0.5) is 5.69 Å². The van der Waals surface area contributed by atoms with Gasteiger partial charge in [0.05, 0.1) is 6.54 Å². The van der Waals surface area contributed by atoms with E-state index in [1.165, 1.54) is 0 Å². The Morgan fingerprint density at radius 1 is 1.13 bits per heavy atom. The molecule has 0 aromatic heterocycles. The van der Waals surface area contributed by atoms with Gasteiger partial charge in [-0.15, -0.1) is 0 Å². The van der Waals surface area contributed by atoms with Crippen LogP contribution in [0.1, 0.15) is 32.1 Å². The molecule has 2 aliphatic rings. The van der Waals surface area contributed by atoms with Crippen LogP contribution in [0.2, 0.25) is 0 Å². The zero-order chi connectivity index (χ0) is 16.1. The van der Waals surface area contributed by atoms with Crippen molar-refractivity contribution in [3.63, 3.8) is 0 Å². The summed E-state index contributed by atoms with van der Waals surface area (Å²) in [6.07, 6.45) is 4.63. The first-order chi connectivity index (χ1) is 11.2. The number of carbonyl (C=O) groups is 2. The number of amides is 2. The third kappa shape index (κ3) is 4.24. The summed E-state index contributed by atoms with van der Waals surface area (Å²) in [7, 11) is 0. The van der Waals surface area contributed by atoms with Crippen LogP contribution >= 0.6 is 0 Å². The summed E-state index contributed by atoms with van der Waals surface area (Å²) in [5.41, 5.74) is 1.10. The molecule has 0 aliphatic carbocycles. The summed E-state index contributed by atoms with van der Waals surface area (Å²) in [6, 6.07) is 10.4. The van der Waals surface area contributed by atoms with Crippen molar-refractivity contribution in [2.75, 3.05) is 31.5 Å². The van der Waals surface area contributed by atoms with Crippen molar-refractivity contribution in [1.82, 2.24) is 9.80 Å². The lowest BCUT2D eigenvalue weighted by Gasteiger charge is -2.35. The molecule has 124 valence electrons. The van der Waals surface area contributed by atoms with Crippen LogP contribution in [0, 0.1) is 0 Å². The van der Waals surface area contributed by atoms with Gasteiger partial charge in [-0.1, -0.05) is 18.2 Å². The molecule has 0 radical (unpaired) electrons. The van der Waals surface area contributed by atoms with E-state index in [0.29, 0.717) is 6.42 Å². The molecule has 5 nitrogen and oxygen atoms in total.